The molecule has 0 bridgehead atoms. The molecule has 6 nitrogen and oxygen atoms in total. The number of nitrogens with zero attached hydrogens (tertiary/aromatic N) is 2. The first-order chi connectivity index (χ1) is 15.6. The molecule has 0 aromatic heterocycles. The van der Waals surface area contributed by atoms with Crippen molar-refractivity contribution < 1.29 is 39.4 Å². The third-order valence-electron chi connectivity index (χ3n) is 3.96. The average molecular weight is 513 g/mol. The summed E-state index contributed by atoms with van der Waals surface area (Å²) in [5, 5.41) is 12.2. The predicted octanol–water partition coefficient (Wildman–Crippen LogP) is 9.16. The van der Waals surface area contributed by atoms with Crippen LogP contribution in [0.15, 0.2) is 42.5 Å². The van der Waals surface area contributed by atoms with Crippen molar-refractivity contribution in [1.29, 1.82) is 5.39 Å². The standard InChI is InChI=1S/C21H25N3O3.F6P/c1-3-5-12-26-19-15-18(24-22)20(27-13-6-4-2)14-17(19)23-21(25)16-10-8-7-9-11-16;1-7(2,3,4,5)6/h7-11,14-15H,3-6,12-13H2,1-2H3;/q;-1/p+1. The van der Waals surface area contributed by atoms with Crippen molar-refractivity contribution in [2.75, 3.05) is 18.5 Å². The Morgan fingerprint density at radius 3 is 1.88 bits per heavy atom. The van der Waals surface area contributed by atoms with Crippen molar-refractivity contribution >= 4 is 25.1 Å². The van der Waals surface area contributed by atoms with E-state index in [1.807, 2.05) is 6.07 Å². The molecule has 0 atom stereocenters. The van der Waals surface area contributed by atoms with Crippen LogP contribution in [0.25, 0.3) is 4.98 Å². The number of anilines is 1. The summed E-state index contributed by atoms with van der Waals surface area (Å²) in [6, 6.07) is 12.2. The number of amides is 1. The van der Waals surface area contributed by atoms with Crippen molar-refractivity contribution in [1.82, 2.24) is 0 Å². The normalized spacial score (nSPS) is 12.8. The Kier molecular flexibility index (Phi) is 9.70. The first-order valence-corrected chi connectivity index (χ1v) is 12.4. The van der Waals surface area contributed by atoms with E-state index in [-0.39, 0.29) is 11.6 Å². The molecule has 0 unspecified atom stereocenters. The Balaban J connectivity index is 0.000000718. The number of unbranched alkanes of at least 4 members (excludes halogenated alkanes) is 2. The van der Waals surface area contributed by atoms with Crippen LogP contribution in [0.4, 0.5) is 36.6 Å². The van der Waals surface area contributed by atoms with E-state index in [9.17, 15) is 35.4 Å². The van der Waals surface area contributed by atoms with Gasteiger partial charge in [-0.1, -0.05) is 44.9 Å². The molecule has 1 amide bonds. The van der Waals surface area contributed by atoms with E-state index >= 15 is 0 Å². The van der Waals surface area contributed by atoms with Crippen LogP contribution in [0, 0.1) is 5.39 Å². The fraction of sp³-hybridized carbons (Fsp3) is 0.381. The second kappa shape index (κ2) is 11.4. The molecule has 34 heavy (non-hydrogen) atoms. The molecule has 2 aromatic rings. The molecular formula is C21H26F6N3O3P. The SMILES string of the molecule is CCCCOc1cc(NC(=O)c2ccccc2)c(OCCCC)cc1[N+]#N.F[P-](F)(F)(F)(F)F. The van der Waals surface area contributed by atoms with Gasteiger partial charge in [0.1, 0.15) is 0 Å². The average Bonchev–Trinajstić information content (AvgIpc) is 2.73. The predicted molar refractivity (Wildman–Crippen MR) is 120 cm³/mol. The molecule has 0 fully saturated rings. The monoisotopic (exact) mass is 513 g/mol. The van der Waals surface area contributed by atoms with Crippen LogP contribution < -0.4 is 14.8 Å². The molecule has 13 heteroatoms. The van der Waals surface area contributed by atoms with E-state index in [0.717, 1.165) is 25.7 Å². The quantitative estimate of drug-likeness (QED) is 0.149. The number of halogens is 6. The number of benzene rings is 2. The second-order valence-corrected chi connectivity index (χ2v) is 9.02. The van der Waals surface area contributed by atoms with Gasteiger partial charge in [0.25, 0.3) is 5.91 Å². The zero-order valence-corrected chi connectivity index (χ0v) is 19.5. The number of ether oxygens (including phenoxy) is 2. The Hall–Kier alpha value is -3.06. The van der Waals surface area contributed by atoms with Crippen molar-refractivity contribution in [3.8, 4) is 11.5 Å². The molecule has 0 aliphatic carbocycles. The summed E-state index contributed by atoms with van der Waals surface area (Å²) in [7, 11) is -10.7. The number of carbonyl (C=O) groups excluding carboxylic acids is 1. The van der Waals surface area contributed by atoms with Gasteiger partial charge in [-0.25, -0.2) is 0 Å². The van der Waals surface area contributed by atoms with Crippen molar-refractivity contribution in [2.24, 2.45) is 0 Å². The van der Waals surface area contributed by atoms with Gasteiger partial charge >= 0.3 is 38.7 Å². The maximum atomic E-state index is 12.5. The van der Waals surface area contributed by atoms with Gasteiger partial charge in [-0.15, -0.1) is 0 Å². The zero-order chi connectivity index (χ0) is 25.9. The molecule has 0 radical (unpaired) electrons. The Bertz CT molecular complexity index is 986. The molecule has 2 aromatic carbocycles. The van der Waals surface area contributed by atoms with Gasteiger partial charge in [-0.3, -0.25) is 4.79 Å². The van der Waals surface area contributed by atoms with Gasteiger partial charge in [0.2, 0.25) is 11.1 Å². The van der Waals surface area contributed by atoms with Crippen LogP contribution in [0.2, 0.25) is 0 Å². The number of diazo groups is 1. The summed E-state index contributed by atoms with van der Waals surface area (Å²) in [6.07, 6.45) is 3.74. The van der Waals surface area contributed by atoms with Crippen molar-refractivity contribution in [3.63, 3.8) is 0 Å². The van der Waals surface area contributed by atoms with E-state index in [0.29, 0.717) is 36.0 Å². The molecule has 0 spiro atoms. The molecule has 0 heterocycles. The molecule has 2 rings (SSSR count). The van der Waals surface area contributed by atoms with Gasteiger partial charge in [0, 0.05) is 11.6 Å². The van der Waals surface area contributed by atoms with Gasteiger partial charge in [-0.05, 0) is 25.0 Å². The third-order valence-corrected chi connectivity index (χ3v) is 3.96. The summed E-state index contributed by atoms with van der Waals surface area (Å²) in [5.41, 5.74) is 1.30. The van der Waals surface area contributed by atoms with Crippen molar-refractivity contribution in [2.45, 2.75) is 39.5 Å². The fourth-order valence-corrected chi connectivity index (χ4v) is 2.40. The summed E-state index contributed by atoms with van der Waals surface area (Å²) < 4.78 is 70.7. The number of hydrogen-bond acceptors (Lipinski definition) is 4. The fourth-order valence-electron chi connectivity index (χ4n) is 2.40. The first-order valence-electron chi connectivity index (χ1n) is 10.4. The summed E-state index contributed by atoms with van der Waals surface area (Å²) >= 11 is 0. The van der Waals surface area contributed by atoms with Gasteiger partial charge in [0.05, 0.1) is 25.0 Å². The molecule has 0 saturated heterocycles. The van der Waals surface area contributed by atoms with Gasteiger partial charge in [-0.2, -0.15) is 0 Å². The van der Waals surface area contributed by atoms with E-state index in [1.165, 1.54) is 0 Å². The minimum absolute atomic E-state index is 0.246. The van der Waals surface area contributed by atoms with Crippen LogP contribution in [0.1, 0.15) is 49.9 Å². The van der Waals surface area contributed by atoms with E-state index < -0.39 is 7.81 Å². The van der Waals surface area contributed by atoms with Crippen LogP contribution in [0.3, 0.4) is 0 Å². The molecule has 190 valence electrons. The van der Waals surface area contributed by atoms with Gasteiger partial charge < -0.3 is 14.8 Å². The van der Waals surface area contributed by atoms with Gasteiger partial charge in [0.15, 0.2) is 10.7 Å². The third kappa shape index (κ3) is 13.5. The summed E-state index contributed by atoms with van der Waals surface area (Å²) in [4.78, 5) is 15.8. The number of nitrogens with one attached hydrogen (secondary N) is 1. The van der Waals surface area contributed by atoms with Crippen LogP contribution >= 0.6 is 7.81 Å². The molecule has 1 N–H and O–H groups in total. The summed E-state index contributed by atoms with van der Waals surface area (Å²) in [5.74, 6) is 0.602. The van der Waals surface area contributed by atoms with E-state index in [2.05, 4.69) is 24.1 Å². The molecular weight excluding hydrogens is 487 g/mol. The van der Waals surface area contributed by atoms with Crippen molar-refractivity contribution in [3.05, 3.63) is 53.0 Å². The van der Waals surface area contributed by atoms with Crippen LogP contribution in [-0.4, -0.2) is 19.1 Å². The van der Waals surface area contributed by atoms with Crippen LogP contribution in [0.5, 0.6) is 11.5 Å². The number of rotatable bonds is 10. The maximum absolute atomic E-state index is 12.5. The topological polar surface area (TPSA) is 75.7 Å². The zero-order valence-electron chi connectivity index (χ0n) is 18.6. The Labute approximate surface area is 193 Å². The molecule has 0 saturated carbocycles. The van der Waals surface area contributed by atoms with E-state index in [4.69, 9.17) is 9.47 Å². The number of hydrogen-bond donors (Lipinski definition) is 1. The Morgan fingerprint density at radius 1 is 0.912 bits per heavy atom. The minimum atomic E-state index is -10.7. The molecule has 0 aliphatic heterocycles. The Morgan fingerprint density at radius 2 is 1.41 bits per heavy atom. The van der Waals surface area contributed by atoms with E-state index in [1.54, 1.807) is 36.4 Å². The first kappa shape index (κ1) is 29.0. The number of carbonyl (C=O) groups is 1. The molecule has 0 aliphatic rings. The second-order valence-electron chi connectivity index (χ2n) is 7.10. The summed E-state index contributed by atoms with van der Waals surface area (Å²) in [6.45, 7) is 5.14. The van der Waals surface area contributed by atoms with Crippen LogP contribution in [-0.2, 0) is 0 Å².